The molecule has 1 aromatic carbocycles. The van der Waals surface area contributed by atoms with Crippen LogP contribution in [0, 0.1) is 5.82 Å². The van der Waals surface area contributed by atoms with E-state index in [0.29, 0.717) is 43.0 Å². The Labute approximate surface area is 233 Å². The smallest absolute Gasteiger partial charge is 0.410 e. The molecule has 40 heavy (non-hydrogen) atoms. The van der Waals surface area contributed by atoms with Gasteiger partial charge in [-0.05, 0) is 69.7 Å². The van der Waals surface area contributed by atoms with E-state index in [1.807, 2.05) is 31.6 Å². The molecule has 11 nitrogen and oxygen atoms in total. The third-order valence-corrected chi connectivity index (χ3v) is 6.49. The van der Waals surface area contributed by atoms with Crippen LogP contribution in [0.25, 0.3) is 0 Å². The Bertz CT molecular complexity index is 1340. The molecule has 2 aromatic heterocycles. The molecular weight excluding hydrogens is 517 g/mol. The largest absolute Gasteiger partial charge is 0.494 e. The minimum Gasteiger partial charge on any atom is -0.494 e. The van der Waals surface area contributed by atoms with Crippen LogP contribution in [-0.4, -0.2) is 69.5 Å². The first-order chi connectivity index (χ1) is 19.1. The van der Waals surface area contributed by atoms with Gasteiger partial charge in [0.1, 0.15) is 5.60 Å². The summed E-state index contributed by atoms with van der Waals surface area (Å²) in [6.07, 6.45) is 9.21. The summed E-state index contributed by atoms with van der Waals surface area (Å²) in [7, 11) is 2.89. The van der Waals surface area contributed by atoms with Crippen LogP contribution < -0.4 is 15.4 Å². The van der Waals surface area contributed by atoms with Gasteiger partial charge in [-0.3, -0.25) is 9.48 Å². The van der Waals surface area contributed by atoms with E-state index in [1.54, 1.807) is 23.5 Å². The van der Waals surface area contributed by atoms with Crippen LogP contribution in [0.1, 0.15) is 61.1 Å². The minimum atomic E-state index is -0.538. The van der Waals surface area contributed by atoms with Gasteiger partial charge in [0.25, 0.3) is 5.91 Å². The summed E-state index contributed by atoms with van der Waals surface area (Å²) >= 11 is 0. The van der Waals surface area contributed by atoms with Crippen molar-refractivity contribution in [2.45, 2.75) is 58.1 Å². The quantitative estimate of drug-likeness (QED) is 0.424. The van der Waals surface area contributed by atoms with E-state index in [9.17, 15) is 14.0 Å². The number of benzene rings is 1. The zero-order valence-corrected chi connectivity index (χ0v) is 23.5. The first-order valence-electron chi connectivity index (χ1n) is 13.2. The summed E-state index contributed by atoms with van der Waals surface area (Å²) in [5.74, 6) is -0.376. The minimum absolute atomic E-state index is 0.0261. The molecule has 0 aliphatic carbocycles. The lowest BCUT2D eigenvalue weighted by atomic mass is 10.0. The molecule has 1 atom stereocenters. The van der Waals surface area contributed by atoms with E-state index in [-0.39, 0.29) is 23.8 Å². The molecule has 0 saturated carbocycles. The van der Waals surface area contributed by atoms with Crippen LogP contribution in [-0.2, 0) is 17.6 Å². The van der Waals surface area contributed by atoms with Gasteiger partial charge >= 0.3 is 6.09 Å². The van der Waals surface area contributed by atoms with Gasteiger partial charge < -0.3 is 25.0 Å². The first kappa shape index (κ1) is 28.8. The highest BCUT2D eigenvalue weighted by Gasteiger charge is 2.28. The molecule has 0 radical (unpaired) electrons. The Morgan fingerprint density at radius 1 is 1.15 bits per heavy atom. The number of aryl methyl sites for hydroxylation is 2. The number of hydrogen-bond acceptors (Lipinski definition) is 8. The topological polar surface area (TPSA) is 124 Å². The van der Waals surface area contributed by atoms with E-state index in [2.05, 4.69) is 25.7 Å². The van der Waals surface area contributed by atoms with Crippen molar-refractivity contribution in [3.05, 3.63) is 59.4 Å². The van der Waals surface area contributed by atoms with Crippen molar-refractivity contribution in [3.63, 3.8) is 0 Å². The number of carbonyl (C=O) groups excluding carboxylic acids is 2. The molecule has 0 spiro atoms. The van der Waals surface area contributed by atoms with E-state index >= 15 is 0 Å². The summed E-state index contributed by atoms with van der Waals surface area (Å²) in [4.78, 5) is 35.0. The zero-order valence-electron chi connectivity index (χ0n) is 23.5. The second-order valence-corrected chi connectivity index (χ2v) is 10.7. The van der Waals surface area contributed by atoms with Gasteiger partial charge in [0.2, 0.25) is 5.95 Å². The van der Waals surface area contributed by atoms with Gasteiger partial charge in [-0.1, -0.05) is 0 Å². The molecule has 1 fully saturated rings. The molecule has 1 aliphatic heterocycles. The molecular formula is C28H36FN7O4. The van der Waals surface area contributed by atoms with Gasteiger partial charge in [0.05, 0.1) is 25.0 Å². The fourth-order valence-corrected chi connectivity index (χ4v) is 4.48. The Kier molecular flexibility index (Phi) is 8.86. The lowest BCUT2D eigenvalue weighted by Crippen LogP contribution is -2.43. The van der Waals surface area contributed by atoms with E-state index in [1.165, 1.54) is 26.3 Å². The fourth-order valence-electron chi connectivity index (χ4n) is 4.48. The Morgan fingerprint density at radius 2 is 1.90 bits per heavy atom. The third-order valence-electron chi connectivity index (χ3n) is 6.49. The standard InChI is InChI=1S/C28H36FN7O4/c1-28(2,3)40-27(38)35-10-6-7-22(17-35)36-16-21(15-33-36)34-26-31-13-18(14-32-26)8-9-19-11-20(25(37)30-4)12-23(39-5)24(19)29/h11-16,22H,6-10,17H2,1-5H3,(H,30,37)(H,31,32,34). The maximum absolute atomic E-state index is 14.8. The molecule has 1 aliphatic rings. The Balaban J connectivity index is 1.35. The number of halogens is 1. The molecule has 214 valence electrons. The number of likely N-dealkylation sites (tertiary alicyclic amines) is 1. The fraction of sp³-hybridized carbons (Fsp3) is 0.464. The van der Waals surface area contributed by atoms with Gasteiger partial charge in [0.15, 0.2) is 11.6 Å². The van der Waals surface area contributed by atoms with Gasteiger partial charge in [-0.25, -0.2) is 19.2 Å². The lowest BCUT2D eigenvalue weighted by Gasteiger charge is -2.34. The van der Waals surface area contributed by atoms with E-state index in [4.69, 9.17) is 9.47 Å². The van der Waals surface area contributed by atoms with E-state index < -0.39 is 11.4 Å². The molecule has 12 heteroatoms. The Morgan fingerprint density at radius 3 is 2.58 bits per heavy atom. The number of aromatic nitrogens is 4. The van der Waals surface area contributed by atoms with Crippen LogP contribution in [0.3, 0.4) is 0 Å². The lowest BCUT2D eigenvalue weighted by molar-refractivity contribution is 0.0167. The van der Waals surface area contributed by atoms with Crippen molar-refractivity contribution >= 4 is 23.6 Å². The normalized spacial score (nSPS) is 15.4. The summed E-state index contributed by atoms with van der Waals surface area (Å²) in [5, 5.41) is 10.2. The molecule has 4 rings (SSSR count). The monoisotopic (exact) mass is 553 g/mol. The molecule has 2 N–H and O–H groups in total. The average Bonchev–Trinajstić information content (AvgIpc) is 3.40. The van der Waals surface area contributed by atoms with Crippen LogP contribution in [0.4, 0.5) is 20.8 Å². The highest BCUT2D eigenvalue weighted by atomic mass is 19.1. The van der Waals surface area contributed by atoms with E-state index in [0.717, 1.165) is 24.1 Å². The number of nitrogens with one attached hydrogen (secondary N) is 2. The third kappa shape index (κ3) is 7.25. The number of carbonyl (C=O) groups is 2. The van der Waals surface area contributed by atoms with Crippen LogP contribution in [0.2, 0.25) is 0 Å². The zero-order chi connectivity index (χ0) is 28.9. The second kappa shape index (κ2) is 12.3. The average molecular weight is 554 g/mol. The Hall–Kier alpha value is -4.22. The number of nitrogens with zero attached hydrogens (tertiary/aromatic N) is 5. The molecule has 3 heterocycles. The van der Waals surface area contributed by atoms with Crippen molar-refractivity contribution in [2.24, 2.45) is 0 Å². The summed E-state index contributed by atoms with van der Waals surface area (Å²) < 4.78 is 27.2. The van der Waals surface area contributed by atoms with Gasteiger partial charge in [0, 0.05) is 44.3 Å². The molecule has 1 unspecified atom stereocenters. The summed E-state index contributed by atoms with van der Waals surface area (Å²) in [5.41, 5.74) is 1.71. The number of hydrogen-bond donors (Lipinski definition) is 2. The summed E-state index contributed by atoms with van der Waals surface area (Å²) in [6, 6.07) is 2.96. The van der Waals surface area contributed by atoms with Gasteiger partial charge in [-0.15, -0.1) is 0 Å². The highest BCUT2D eigenvalue weighted by Crippen LogP contribution is 2.26. The van der Waals surface area contributed by atoms with Crippen LogP contribution >= 0.6 is 0 Å². The van der Waals surface area contributed by atoms with Crippen molar-refractivity contribution in [1.82, 2.24) is 30.0 Å². The SMILES string of the molecule is CNC(=O)c1cc(CCc2cnc(Nc3cnn(C4CCCN(C(=O)OC(C)(C)C)C4)c3)nc2)c(F)c(OC)c1. The predicted octanol–water partition coefficient (Wildman–Crippen LogP) is 4.28. The summed E-state index contributed by atoms with van der Waals surface area (Å²) in [6.45, 7) is 6.77. The number of anilines is 2. The highest BCUT2D eigenvalue weighted by molar-refractivity contribution is 5.94. The number of amides is 2. The molecule has 2 amide bonds. The van der Waals surface area contributed by atoms with Crippen molar-refractivity contribution in [3.8, 4) is 5.75 Å². The van der Waals surface area contributed by atoms with Crippen molar-refractivity contribution < 1.29 is 23.5 Å². The molecule has 3 aromatic rings. The van der Waals surface area contributed by atoms with Crippen molar-refractivity contribution in [1.29, 1.82) is 0 Å². The second-order valence-electron chi connectivity index (χ2n) is 10.7. The van der Waals surface area contributed by atoms with Crippen LogP contribution in [0.5, 0.6) is 5.75 Å². The first-order valence-corrected chi connectivity index (χ1v) is 13.2. The predicted molar refractivity (Wildman–Crippen MR) is 147 cm³/mol. The number of ether oxygens (including phenoxy) is 2. The molecule has 0 bridgehead atoms. The molecule has 1 saturated heterocycles. The van der Waals surface area contributed by atoms with Crippen molar-refractivity contribution in [2.75, 3.05) is 32.6 Å². The van der Waals surface area contributed by atoms with Gasteiger partial charge in [-0.2, -0.15) is 5.10 Å². The maximum Gasteiger partial charge on any atom is 0.410 e. The number of piperidine rings is 1. The van der Waals surface area contributed by atoms with Crippen LogP contribution in [0.15, 0.2) is 36.9 Å². The number of rotatable bonds is 8. The maximum atomic E-state index is 14.8. The number of methoxy groups -OCH3 is 1.